The van der Waals surface area contributed by atoms with Crippen LogP contribution < -0.4 is 5.90 Å². The molecule has 0 unspecified atom stereocenters. The van der Waals surface area contributed by atoms with Gasteiger partial charge in [-0.05, 0) is 17.7 Å². The van der Waals surface area contributed by atoms with Crippen molar-refractivity contribution >= 4 is 0 Å². The fourth-order valence-corrected chi connectivity index (χ4v) is 0.815. The molecule has 0 aliphatic heterocycles. The van der Waals surface area contributed by atoms with Gasteiger partial charge in [-0.25, -0.2) is 5.90 Å². The lowest BCUT2D eigenvalue weighted by Crippen LogP contribution is -2.09. The minimum Gasteiger partial charge on any atom is -0.300 e. The van der Waals surface area contributed by atoms with E-state index in [0.717, 1.165) is 12.3 Å². The second-order valence-corrected chi connectivity index (χ2v) is 2.36. The molecule has 1 aromatic rings. The molecule has 1 heterocycles. The van der Waals surface area contributed by atoms with E-state index in [-0.39, 0.29) is 6.61 Å². The van der Waals surface area contributed by atoms with Crippen molar-refractivity contribution in [2.75, 3.05) is 0 Å². The fraction of sp³-hybridized carbons (Fsp3) is 0.286. The lowest BCUT2D eigenvalue weighted by Gasteiger charge is -2.06. The van der Waals surface area contributed by atoms with Crippen molar-refractivity contribution in [1.82, 2.24) is 4.98 Å². The number of rotatable bonds is 2. The molecule has 0 bridgehead atoms. The maximum absolute atomic E-state index is 12.1. The molecule has 0 atom stereocenters. The van der Waals surface area contributed by atoms with E-state index >= 15 is 0 Å². The van der Waals surface area contributed by atoms with Crippen LogP contribution in [0.4, 0.5) is 13.2 Å². The van der Waals surface area contributed by atoms with Crippen LogP contribution in [0.15, 0.2) is 18.3 Å². The van der Waals surface area contributed by atoms with Crippen LogP contribution in [0.5, 0.6) is 0 Å². The molecule has 2 N–H and O–H groups in total. The molecule has 0 radical (unpaired) electrons. The number of nitrogens with two attached hydrogens (primary N) is 1. The van der Waals surface area contributed by atoms with Crippen LogP contribution in [0.2, 0.25) is 0 Å². The van der Waals surface area contributed by atoms with Gasteiger partial charge in [-0.2, -0.15) is 13.2 Å². The van der Waals surface area contributed by atoms with Gasteiger partial charge in [-0.1, -0.05) is 0 Å². The van der Waals surface area contributed by atoms with Gasteiger partial charge < -0.3 is 0 Å². The van der Waals surface area contributed by atoms with Gasteiger partial charge in [0.15, 0.2) is 0 Å². The normalized spacial score (nSPS) is 11.7. The number of halogens is 3. The number of hydrogen-bond acceptors (Lipinski definition) is 3. The number of pyridine rings is 1. The van der Waals surface area contributed by atoms with Crippen molar-refractivity contribution in [2.24, 2.45) is 5.90 Å². The van der Waals surface area contributed by atoms with E-state index in [9.17, 15) is 13.2 Å². The molecule has 6 heteroatoms. The van der Waals surface area contributed by atoms with Gasteiger partial charge in [0, 0.05) is 6.20 Å². The van der Waals surface area contributed by atoms with Gasteiger partial charge >= 0.3 is 6.18 Å². The van der Waals surface area contributed by atoms with Crippen LogP contribution in [0.25, 0.3) is 0 Å². The second kappa shape index (κ2) is 3.71. The van der Waals surface area contributed by atoms with Gasteiger partial charge in [0.25, 0.3) is 0 Å². The summed E-state index contributed by atoms with van der Waals surface area (Å²) in [6, 6.07) is 2.30. The van der Waals surface area contributed by atoms with Crippen molar-refractivity contribution in [2.45, 2.75) is 12.8 Å². The average molecular weight is 192 g/mol. The van der Waals surface area contributed by atoms with Gasteiger partial charge in [0.05, 0.1) is 6.61 Å². The topological polar surface area (TPSA) is 48.1 Å². The molecular weight excluding hydrogens is 185 g/mol. The first-order valence-corrected chi connectivity index (χ1v) is 3.38. The maximum Gasteiger partial charge on any atom is 0.433 e. The van der Waals surface area contributed by atoms with Crippen molar-refractivity contribution in [3.8, 4) is 0 Å². The van der Waals surface area contributed by atoms with Gasteiger partial charge in [0.2, 0.25) is 0 Å². The Kier molecular flexibility index (Phi) is 2.84. The highest BCUT2D eigenvalue weighted by molar-refractivity contribution is 5.17. The van der Waals surface area contributed by atoms with Crippen LogP contribution in [0, 0.1) is 0 Å². The number of alkyl halides is 3. The average Bonchev–Trinajstić information content (AvgIpc) is 2.04. The summed E-state index contributed by atoms with van der Waals surface area (Å²) in [4.78, 5) is 7.37. The summed E-state index contributed by atoms with van der Waals surface area (Å²) in [5, 5.41) is 0. The molecule has 1 rings (SSSR count). The molecule has 0 saturated carbocycles. The molecule has 13 heavy (non-hydrogen) atoms. The molecule has 3 nitrogen and oxygen atoms in total. The molecule has 72 valence electrons. The van der Waals surface area contributed by atoms with Crippen LogP contribution in [-0.2, 0) is 17.6 Å². The number of aromatic nitrogens is 1. The summed E-state index contributed by atoms with van der Waals surface area (Å²) in [7, 11) is 0. The highest BCUT2D eigenvalue weighted by Crippen LogP contribution is 2.27. The van der Waals surface area contributed by atoms with Crippen LogP contribution >= 0.6 is 0 Å². The van der Waals surface area contributed by atoms with Gasteiger partial charge in [0.1, 0.15) is 5.69 Å². The zero-order valence-electron chi connectivity index (χ0n) is 6.51. The van der Waals surface area contributed by atoms with Crippen LogP contribution in [0.3, 0.4) is 0 Å². The minimum atomic E-state index is -4.43. The highest BCUT2D eigenvalue weighted by atomic mass is 19.4. The monoisotopic (exact) mass is 192 g/mol. The van der Waals surface area contributed by atoms with E-state index in [1.165, 1.54) is 6.07 Å². The van der Waals surface area contributed by atoms with Crippen molar-refractivity contribution < 1.29 is 18.0 Å². The van der Waals surface area contributed by atoms with Crippen molar-refractivity contribution in [3.05, 3.63) is 29.6 Å². The van der Waals surface area contributed by atoms with E-state index in [1.807, 2.05) is 0 Å². The minimum absolute atomic E-state index is 0.0639. The zero-order valence-corrected chi connectivity index (χ0v) is 6.51. The molecule has 0 saturated heterocycles. The number of nitrogens with zero attached hydrogens (tertiary/aromatic N) is 1. The molecule has 0 amide bonds. The first-order chi connectivity index (χ1) is 6.04. The second-order valence-electron chi connectivity index (χ2n) is 2.36. The van der Waals surface area contributed by atoms with Crippen molar-refractivity contribution in [1.29, 1.82) is 0 Å². The largest absolute Gasteiger partial charge is 0.433 e. The Morgan fingerprint density at radius 1 is 1.46 bits per heavy atom. The first-order valence-electron chi connectivity index (χ1n) is 3.38. The molecule has 0 spiro atoms. The van der Waals surface area contributed by atoms with E-state index in [0.29, 0.717) is 5.56 Å². The van der Waals surface area contributed by atoms with Crippen molar-refractivity contribution in [3.63, 3.8) is 0 Å². The zero-order chi connectivity index (χ0) is 9.90. The quantitative estimate of drug-likeness (QED) is 0.722. The number of hydrogen-bond donors (Lipinski definition) is 1. The fourth-order valence-electron chi connectivity index (χ4n) is 0.815. The van der Waals surface area contributed by atoms with Crippen LogP contribution in [0.1, 0.15) is 11.3 Å². The summed E-state index contributed by atoms with van der Waals surface area (Å²) in [5.41, 5.74) is -0.605. The molecule has 0 fully saturated rings. The first kappa shape index (κ1) is 9.94. The summed E-state index contributed by atoms with van der Waals surface area (Å²) in [5.74, 6) is 4.72. The summed E-state index contributed by atoms with van der Waals surface area (Å²) in [6.45, 7) is -0.0639. The van der Waals surface area contributed by atoms with E-state index in [1.54, 1.807) is 0 Å². The Morgan fingerprint density at radius 2 is 2.15 bits per heavy atom. The molecule has 0 aliphatic carbocycles. The summed E-state index contributed by atoms with van der Waals surface area (Å²) in [6.07, 6.45) is -3.36. The van der Waals surface area contributed by atoms with Crippen LogP contribution in [-0.4, -0.2) is 4.98 Å². The molecule has 0 aliphatic rings. The van der Waals surface area contributed by atoms with Gasteiger partial charge in [-0.15, -0.1) is 0 Å². The Morgan fingerprint density at radius 3 is 2.69 bits per heavy atom. The highest BCUT2D eigenvalue weighted by Gasteiger charge is 2.32. The standard InChI is InChI=1S/C7H7F3N2O/c8-7(9,10)6-3-5(4-13-11)1-2-12-6/h1-3H,4,11H2. The lowest BCUT2D eigenvalue weighted by molar-refractivity contribution is -0.141. The predicted octanol–water partition coefficient (Wildman–Crippen LogP) is 1.49. The Balaban J connectivity index is 2.92. The predicted molar refractivity (Wildman–Crippen MR) is 38.2 cm³/mol. The third-order valence-electron chi connectivity index (χ3n) is 1.36. The van der Waals surface area contributed by atoms with E-state index in [4.69, 9.17) is 5.90 Å². The molecule has 1 aromatic heterocycles. The third kappa shape index (κ3) is 2.67. The Bertz CT molecular complexity index is 287. The van der Waals surface area contributed by atoms with E-state index in [2.05, 4.69) is 9.82 Å². The summed E-state index contributed by atoms with van der Waals surface area (Å²) >= 11 is 0. The van der Waals surface area contributed by atoms with E-state index < -0.39 is 11.9 Å². The SMILES string of the molecule is NOCc1ccnc(C(F)(F)F)c1. The summed E-state index contributed by atoms with van der Waals surface area (Å²) < 4.78 is 36.2. The lowest BCUT2D eigenvalue weighted by atomic mass is 10.2. The molecule has 0 aromatic carbocycles. The maximum atomic E-state index is 12.1. The molecular formula is C7H7F3N2O. The van der Waals surface area contributed by atoms with Gasteiger partial charge in [-0.3, -0.25) is 9.82 Å². The Labute approximate surface area is 72.3 Å². The Hall–Kier alpha value is -1.14. The smallest absolute Gasteiger partial charge is 0.300 e. The third-order valence-corrected chi connectivity index (χ3v) is 1.36.